The third kappa shape index (κ3) is 2.65. The van der Waals surface area contributed by atoms with Crippen LogP contribution in [0.25, 0.3) is 27.1 Å². The number of aromatic hydroxyl groups is 1. The van der Waals surface area contributed by atoms with Gasteiger partial charge in [-0.25, -0.2) is 19.0 Å². The largest absolute Gasteiger partial charge is 0.508 e. The highest BCUT2D eigenvalue weighted by molar-refractivity contribution is 6.11. The summed E-state index contributed by atoms with van der Waals surface area (Å²) in [6.07, 6.45) is 0. The SMILES string of the molecule is [C-]#[N+]c1c(-c2ccc(O)cc2F)nc2n[nH]c(C)c2c1C(=O)OCC. The van der Waals surface area contributed by atoms with Gasteiger partial charge in [0.25, 0.3) is 0 Å². The van der Waals surface area contributed by atoms with Crippen LogP contribution in [0.1, 0.15) is 23.0 Å². The first-order valence-corrected chi connectivity index (χ1v) is 7.40. The molecule has 0 aliphatic carbocycles. The molecule has 2 heterocycles. The van der Waals surface area contributed by atoms with Crippen LogP contribution in [0.5, 0.6) is 5.75 Å². The highest BCUT2D eigenvalue weighted by atomic mass is 19.1. The molecule has 0 bridgehead atoms. The Morgan fingerprint density at radius 3 is 2.88 bits per heavy atom. The molecule has 0 unspecified atom stereocenters. The topological polar surface area (TPSA) is 92.5 Å². The van der Waals surface area contributed by atoms with Crippen molar-refractivity contribution in [2.45, 2.75) is 13.8 Å². The molecule has 0 radical (unpaired) electrons. The van der Waals surface area contributed by atoms with Crippen molar-refractivity contribution in [3.8, 4) is 17.0 Å². The van der Waals surface area contributed by atoms with Gasteiger partial charge in [-0.05, 0) is 26.0 Å². The molecule has 0 saturated carbocycles. The molecule has 0 fully saturated rings. The number of aryl methyl sites for hydroxylation is 1. The third-order valence-corrected chi connectivity index (χ3v) is 3.66. The molecular formula is C17H13FN4O3. The number of nitrogens with zero attached hydrogens (tertiary/aromatic N) is 3. The number of phenols is 1. The first-order chi connectivity index (χ1) is 12.0. The second kappa shape index (κ2) is 6.20. The number of carbonyl (C=O) groups is 1. The van der Waals surface area contributed by atoms with Crippen molar-refractivity contribution in [1.29, 1.82) is 0 Å². The van der Waals surface area contributed by atoms with E-state index in [1.807, 2.05) is 0 Å². The normalized spacial score (nSPS) is 10.6. The summed E-state index contributed by atoms with van der Waals surface area (Å²) in [5, 5.41) is 16.5. The predicted molar refractivity (Wildman–Crippen MR) is 87.9 cm³/mol. The van der Waals surface area contributed by atoms with Crippen molar-refractivity contribution in [3.63, 3.8) is 0 Å². The first-order valence-electron chi connectivity index (χ1n) is 7.40. The molecule has 126 valence electrons. The molecule has 2 aromatic heterocycles. The Hall–Kier alpha value is -3.47. The van der Waals surface area contributed by atoms with Crippen LogP contribution in [0.3, 0.4) is 0 Å². The summed E-state index contributed by atoms with van der Waals surface area (Å²) in [5.41, 5.74) is 0.547. The van der Waals surface area contributed by atoms with Crippen LogP contribution in [-0.4, -0.2) is 32.9 Å². The van der Waals surface area contributed by atoms with E-state index in [4.69, 9.17) is 11.3 Å². The smallest absolute Gasteiger partial charge is 0.328 e. The quantitative estimate of drug-likeness (QED) is 0.562. The fraction of sp³-hybridized carbons (Fsp3) is 0.176. The lowest BCUT2D eigenvalue weighted by atomic mass is 10.0. The van der Waals surface area contributed by atoms with E-state index in [1.54, 1.807) is 13.8 Å². The summed E-state index contributed by atoms with van der Waals surface area (Å²) in [6.45, 7) is 10.9. The molecule has 0 amide bonds. The number of carbonyl (C=O) groups excluding carboxylic acids is 1. The molecule has 25 heavy (non-hydrogen) atoms. The molecule has 7 nitrogen and oxygen atoms in total. The molecule has 0 saturated heterocycles. The van der Waals surface area contributed by atoms with Crippen LogP contribution in [0.2, 0.25) is 0 Å². The lowest BCUT2D eigenvalue weighted by Gasteiger charge is -2.11. The average Bonchev–Trinajstić information content (AvgIpc) is 2.94. The molecule has 0 aliphatic heterocycles. The number of aromatic nitrogens is 3. The maximum absolute atomic E-state index is 14.3. The van der Waals surface area contributed by atoms with Crippen molar-refractivity contribution < 1.29 is 19.0 Å². The Labute approximate surface area is 141 Å². The Kier molecular flexibility index (Phi) is 4.07. The third-order valence-electron chi connectivity index (χ3n) is 3.66. The van der Waals surface area contributed by atoms with Gasteiger partial charge >= 0.3 is 5.97 Å². The molecule has 0 aliphatic rings. The van der Waals surface area contributed by atoms with Crippen LogP contribution in [0.4, 0.5) is 10.1 Å². The first kappa shape index (κ1) is 16.4. The van der Waals surface area contributed by atoms with E-state index < -0.39 is 11.8 Å². The lowest BCUT2D eigenvalue weighted by Crippen LogP contribution is -2.07. The maximum atomic E-state index is 14.3. The predicted octanol–water partition coefficient (Wildman–Crippen LogP) is 3.51. The van der Waals surface area contributed by atoms with Crippen molar-refractivity contribution in [1.82, 2.24) is 15.2 Å². The summed E-state index contributed by atoms with van der Waals surface area (Å²) in [4.78, 5) is 20.1. The van der Waals surface area contributed by atoms with Crippen LogP contribution in [0, 0.1) is 19.3 Å². The van der Waals surface area contributed by atoms with E-state index in [9.17, 15) is 14.3 Å². The standard InChI is InChI=1S/C17H13FN4O3/c1-4-25-17(24)13-12-8(2)21-22-16(12)20-14(15(13)19-3)10-6-5-9(23)7-11(10)18/h5-7,23H,4H2,1-2H3,(H,20,21,22). The van der Waals surface area contributed by atoms with E-state index in [1.165, 1.54) is 12.1 Å². The number of pyridine rings is 1. The highest BCUT2D eigenvalue weighted by Crippen LogP contribution is 2.39. The summed E-state index contributed by atoms with van der Waals surface area (Å²) in [6, 6.07) is 3.48. The Bertz CT molecular complexity index is 1040. The van der Waals surface area contributed by atoms with Crippen LogP contribution < -0.4 is 0 Å². The number of phenolic OH excluding ortho intramolecular Hbond substituents is 1. The minimum atomic E-state index is -0.765. The van der Waals surface area contributed by atoms with Crippen molar-refractivity contribution in [2.24, 2.45) is 0 Å². The molecular weight excluding hydrogens is 327 g/mol. The number of ether oxygens (including phenoxy) is 1. The Morgan fingerprint density at radius 1 is 1.48 bits per heavy atom. The average molecular weight is 340 g/mol. The molecule has 8 heteroatoms. The number of aromatic amines is 1. The second-order valence-electron chi connectivity index (χ2n) is 5.23. The number of rotatable bonds is 3. The number of H-pyrrole nitrogens is 1. The number of hydrogen-bond acceptors (Lipinski definition) is 5. The van der Waals surface area contributed by atoms with E-state index in [-0.39, 0.29) is 40.5 Å². The minimum Gasteiger partial charge on any atom is -0.508 e. The molecule has 1 aromatic carbocycles. The van der Waals surface area contributed by atoms with Gasteiger partial charge in [0.05, 0.1) is 24.4 Å². The number of nitrogens with one attached hydrogen (secondary N) is 1. The van der Waals surface area contributed by atoms with Crippen molar-refractivity contribution in [3.05, 3.63) is 46.7 Å². The fourth-order valence-corrected chi connectivity index (χ4v) is 2.59. The van der Waals surface area contributed by atoms with Gasteiger partial charge in [-0.3, -0.25) is 5.10 Å². The van der Waals surface area contributed by atoms with Gasteiger partial charge < -0.3 is 9.84 Å². The molecule has 0 atom stereocenters. The second-order valence-corrected chi connectivity index (χ2v) is 5.23. The van der Waals surface area contributed by atoms with Gasteiger partial charge in [0.15, 0.2) is 5.65 Å². The molecule has 3 aromatic rings. The number of fused-ring (bicyclic) bond motifs is 1. The zero-order chi connectivity index (χ0) is 18.1. The summed E-state index contributed by atoms with van der Waals surface area (Å²) in [7, 11) is 0. The summed E-state index contributed by atoms with van der Waals surface area (Å²) >= 11 is 0. The maximum Gasteiger partial charge on any atom is 0.328 e. The van der Waals surface area contributed by atoms with Gasteiger partial charge in [-0.15, -0.1) is 0 Å². The zero-order valence-corrected chi connectivity index (χ0v) is 13.4. The van der Waals surface area contributed by atoms with E-state index >= 15 is 0 Å². The van der Waals surface area contributed by atoms with Crippen LogP contribution in [0.15, 0.2) is 18.2 Å². The zero-order valence-electron chi connectivity index (χ0n) is 13.4. The van der Waals surface area contributed by atoms with Gasteiger partial charge in [-0.2, -0.15) is 5.10 Å². The fourth-order valence-electron chi connectivity index (χ4n) is 2.59. The lowest BCUT2D eigenvalue weighted by molar-refractivity contribution is 0.0530. The van der Waals surface area contributed by atoms with Gasteiger partial charge in [0.2, 0.25) is 5.69 Å². The number of hydrogen-bond donors (Lipinski definition) is 2. The molecule has 3 rings (SSSR count). The van der Waals surface area contributed by atoms with E-state index in [0.717, 1.165) is 6.07 Å². The van der Waals surface area contributed by atoms with Crippen LogP contribution >= 0.6 is 0 Å². The number of esters is 1. The van der Waals surface area contributed by atoms with Crippen molar-refractivity contribution >= 4 is 22.7 Å². The summed E-state index contributed by atoms with van der Waals surface area (Å²) < 4.78 is 19.3. The monoisotopic (exact) mass is 340 g/mol. The Balaban J connectivity index is 2.41. The Morgan fingerprint density at radius 2 is 2.24 bits per heavy atom. The van der Waals surface area contributed by atoms with E-state index in [0.29, 0.717) is 11.1 Å². The van der Waals surface area contributed by atoms with E-state index in [2.05, 4.69) is 20.0 Å². The summed E-state index contributed by atoms with van der Waals surface area (Å²) in [5.74, 6) is -1.72. The molecule has 2 N–H and O–H groups in total. The highest BCUT2D eigenvalue weighted by Gasteiger charge is 2.26. The number of benzene rings is 1. The van der Waals surface area contributed by atoms with Crippen LogP contribution in [-0.2, 0) is 4.74 Å². The molecule has 0 spiro atoms. The minimum absolute atomic E-state index is 0.00410. The number of halogens is 1. The van der Waals surface area contributed by atoms with Gasteiger partial charge in [0.1, 0.15) is 11.6 Å². The van der Waals surface area contributed by atoms with Gasteiger partial charge in [0, 0.05) is 22.7 Å². The van der Waals surface area contributed by atoms with Crippen molar-refractivity contribution in [2.75, 3.05) is 6.61 Å². The van der Waals surface area contributed by atoms with Gasteiger partial charge in [-0.1, -0.05) is 0 Å².